The van der Waals surface area contributed by atoms with E-state index in [9.17, 15) is 24.6 Å². The van der Waals surface area contributed by atoms with Crippen molar-refractivity contribution in [2.75, 3.05) is 19.7 Å². The highest BCUT2D eigenvalue weighted by Gasteiger charge is 2.38. The lowest BCUT2D eigenvalue weighted by atomic mass is 9.98. The maximum Gasteiger partial charge on any atom is 0.407 e. The molecule has 0 bridgehead atoms. The van der Waals surface area contributed by atoms with Crippen LogP contribution in [-0.2, 0) is 14.3 Å². The first-order chi connectivity index (χ1) is 14.5. The third kappa shape index (κ3) is 3.73. The van der Waals surface area contributed by atoms with E-state index in [4.69, 9.17) is 4.74 Å². The zero-order valence-electron chi connectivity index (χ0n) is 16.2. The smallest absolute Gasteiger partial charge is 0.407 e. The summed E-state index contributed by atoms with van der Waals surface area (Å²) in [5.41, 5.74) is 4.39. The van der Waals surface area contributed by atoms with Crippen molar-refractivity contribution in [2.45, 2.75) is 24.5 Å². The van der Waals surface area contributed by atoms with Gasteiger partial charge in [-0.15, -0.1) is 0 Å². The predicted octanol–water partition coefficient (Wildman–Crippen LogP) is 1.57. The van der Waals surface area contributed by atoms with Crippen molar-refractivity contribution in [1.82, 2.24) is 10.2 Å². The molecule has 1 heterocycles. The summed E-state index contributed by atoms with van der Waals surface area (Å²) < 4.78 is 5.36. The second-order valence-electron chi connectivity index (χ2n) is 7.47. The largest absolute Gasteiger partial charge is 0.480 e. The number of β-amino-alcohol motifs (C(OH)–C–C–N with tert-alkyl or cyclic N) is 1. The lowest BCUT2D eigenvalue weighted by molar-refractivity contribution is -0.147. The molecule has 1 aliphatic heterocycles. The molecule has 0 saturated carbocycles. The van der Waals surface area contributed by atoms with Crippen LogP contribution in [0.1, 0.15) is 23.5 Å². The fourth-order valence-corrected chi connectivity index (χ4v) is 4.22. The van der Waals surface area contributed by atoms with E-state index in [1.165, 1.54) is 0 Å². The van der Waals surface area contributed by atoms with Crippen molar-refractivity contribution in [1.29, 1.82) is 0 Å². The number of hydrogen-bond acceptors (Lipinski definition) is 5. The number of aliphatic hydroxyl groups excluding tert-OH is 1. The van der Waals surface area contributed by atoms with E-state index in [0.717, 1.165) is 27.2 Å². The van der Waals surface area contributed by atoms with Gasteiger partial charge in [-0.1, -0.05) is 48.5 Å². The second-order valence-corrected chi connectivity index (χ2v) is 7.47. The summed E-state index contributed by atoms with van der Waals surface area (Å²) in [6.07, 6.45) is -1.66. The van der Waals surface area contributed by atoms with E-state index in [1.54, 1.807) is 0 Å². The molecule has 0 unspecified atom stereocenters. The van der Waals surface area contributed by atoms with E-state index in [0.29, 0.717) is 0 Å². The van der Waals surface area contributed by atoms with Gasteiger partial charge >= 0.3 is 12.1 Å². The Labute approximate surface area is 173 Å². The highest BCUT2D eigenvalue weighted by Crippen LogP contribution is 2.44. The number of benzene rings is 2. The summed E-state index contributed by atoms with van der Waals surface area (Å²) in [4.78, 5) is 36.7. The molecule has 8 heteroatoms. The number of carboxylic acid groups (broad SMARTS) is 1. The minimum atomic E-state index is -1.18. The Morgan fingerprint density at radius 3 is 2.23 bits per heavy atom. The topological polar surface area (TPSA) is 116 Å². The number of rotatable bonds is 5. The van der Waals surface area contributed by atoms with Crippen molar-refractivity contribution in [2.24, 2.45) is 0 Å². The van der Waals surface area contributed by atoms with Gasteiger partial charge in [0.2, 0.25) is 5.91 Å². The summed E-state index contributed by atoms with van der Waals surface area (Å²) >= 11 is 0. The van der Waals surface area contributed by atoms with Crippen LogP contribution in [0.2, 0.25) is 0 Å². The Morgan fingerprint density at radius 2 is 1.63 bits per heavy atom. The predicted molar refractivity (Wildman–Crippen MR) is 107 cm³/mol. The number of carboxylic acids is 1. The van der Waals surface area contributed by atoms with E-state index in [2.05, 4.69) is 5.32 Å². The third-order valence-corrected chi connectivity index (χ3v) is 5.61. The average molecular weight is 410 g/mol. The number of ether oxygens (including phenoxy) is 1. The van der Waals surface area contributed by atoms with Crippen LogP contribution in [0.3, 0.4) is 0 Å². The van der Waals surface area contributed by atoms with Crippen molar-refractivity contribution in [3.8, 4) is 11.1 Å². The second kappa shape index (κ2) is 8.16. The molecule has 3 N–H and O–H groups in total. The summed E-state index contributed by atoms with van der Waals surface area (Å²) in [6.45, 7) is -0.344. The van der Waals surface area contributed by atoms with Gasteiger partial charge in [0.1, 0.15) is 19.2 Å². The maximum atomic E-state index is 12.3. The molecule has 4 rings (SSSR count). The maximum absolute atomic E-state index is 12.3. The zero-order chi connectivity index (χ0) is 21.3. The molecule has 1 aliphatic carbocycles. The first-order valence-electron chi connectivity index (χ1n) is 9.75. The van der Waals surface area contributed by atoms with Gasteiger partial charge in [0, 0.05) is 18.9 Å². The Bertz CT molecular complexity index is 946. The SMILES string of the molecule is O=C(NCC(=O)N1C[C@@H](O)C[C@H]1C(=O)O)OCC1c2ccccc2-c2ccccc21. The van der Waals surface area contributed by atoms with E-state index in [-0.39, 0.29) is 25.5 Å². The molecular formula is C22H22N2O6. The zero-order valence-corrected chi connectivity index (χ0v) is 16.2. The van der Waals surface area contributed by atoms with Crippen LogP contribution in [0, 0.1) is 0 Å². The number of carbonyl (C=O) groups excluding carboxylic acids is 2. The van der Waals surface area contributed by atoms with Gasteiger partial charge in [0.15, 0.2) is 0 Å². The van der Waals surface area contributed by atoms with Crippen LogP contribution in [0.15, 0.2) is 48.5 Å². The Balaban J connectivity index is 1.35. The number of nitrogens with zero attached hydrogens (tertiary/aromatic N) is 1. The molecule has 2 aromatic carbocycles. The number of fused-ring (bicyclic) bond motifs is 3. The molecule has 30 heavy (non-hydrogen) atoms. The molecule has 1 fully saturated rings. The molecule has 2 amide bonds. The average Bonchev–Trinajstić information content (AvgIpc) is 3.29. The van der Waals surface area contributed by atoms with Gasteiger partial charge in [-0.3, -0.25) is 4.79 Å². The lowest BCUT2D eigenvalue weighted by Crippen LogP contribution is -2.45. The highest BCUT2D eigenvalue weighted by atomic mass is 16.5. The molecule has 2 aromatic rings. The molecule has 0 aromatic heterocycles. The molecular weight excluding hydrogens is 388 g/mol. The Kier molecular flexibility index (Phi) is 5.41. The summed E-state index contributed by atoms with van der Waals surface area (Å²) in [6, 6.07) is 14.8. The van der Waals surface area contributed by atoms with Gasteiger partial charge in [-0.05, 0) is 22.3 Å². The monoisotopic (exact) mass is 410 g/mol. The van der Waals surface area contributed by atoms with Crippen molar-refractivity contribution < 1.29 is 29.3 Å². The number of nitrogens with one attached hydrogen (secondary N) is 1. The van der Waals surface area contributed by atoms with Crippen molar-refractivity contribution in [3.05, 3.63) is 59.7 Å². The molecule has 1 saturated heterocycles. The van der Waals surface area contributed by atoms with Gasteiger partial charge in [-0.25, -0.2) is 9.59 Å². The van der Waals surface area contributed by atoms with Gasteiger partial charge in [0.25, 0.3) is 0 Å². The number of hydrogen-bond donors (Lipinski definition) is 3. The summed E-state index contributed by atoms with van der Waals surface area (Å²) in [5, 5.41) is 21.2. The molecule has 8 nitrogen and oxygen atoms in total. The van der Waals surface area contributed by atoms with Crippen LogP contribution in [-0.4, -0.2) is 64.9 Å². The van der Waals surface area contributed by atoms with Crippen LogP contribution in [0.5, 0.6) is 0 Å². The van der Waals surface area contributed by atoms with Crippen LogP contribution in [0.4, 0.5) is 4.79 Å². The quantitative estimate of drug-likeness (QED) is 0.689. The Hall–Kier alpha value is -3.39. The summed E-state index contributed by atoms with van der Waals surface area (Å²) in [7, 11) is 0. The van der Waals surface area contributed by atoms with Crippen LogP contribution < -0.4 is 5.32 Å². The van der Waals surface area contributed by atoms with Crippen LogP contribution in [0.25, 0.3) is 11.1 Å². The first kappa shape index (κ1) is 19.9. The normalized spacial score (nSPS) is 19.8. The number of amides is 2. The van der Waals surface area contributed by atoms with Gasteiger partial charge in [-0.2, -0.15) is 0 Å². The lowest BCUT2D eigenvalue weighted by Gasteiger charge is -2.21. The fourth-order valence-electron chi connectivity index (χ4n) is 4.22. The fraction of sp³-hybridized carbons (Fsp3) is 0.318. The minimum absolute atomic E-state index is 0.0218. The van der Waals surface area contributed by atoms with Crippen LogP contribution >= 0.6 is 0 Å². The number of aliphatic carboxylic acids is 1. The standard InChI is InChI=1S/C22H22N2O6/c25-13-9-19(21(27)28)24(11-13)20(26)10-23-22(29)30-12-18-16-7-3-1-5-14(16)15-6-2-4-8-17(15)18/h1-8,13,18-19,25H,9-12H2,(H,23,29)(H,27,28)/t13-,19-/m0/s1. The van der Waals surface area contributed by atoms with Crippen molar-refractivity contribution >= 4 is 18.0 Å². The molecule has 0 radical (unpaired) electrons. The van der Waals surface area contributed by atoms with E-state index < -0.39 is 36.7 Å². The Morgan fingerprint density at radius 1 is 1.03 bits per heavy atom. The summed E-state index contributed by atoms with van der Waals surface area (Å²) in [5.74, 6) is -1.85. The first-order valence-corrected chi connectivity index (χ1v) is 9.75. The third-order valence-electron chi connectivity index (χ3n) is 5.61. The minimum Gasteiger partial charge on any atom is -0.480 e. The van der Waals surface area contributed by atoms with Gasteiger partial charge in [0.05, 0.1) is 6.10 Å². The molecule has 0 spiro atoms. The molecule has 2 aliphatic rings. The van der Waals surface area contributed by atoms with Crippen molar-refractivity contribution in [3.63, 3.8) is 0 Å². The molecule has 156 valence electrons. The number of aliphatic hydroxyl groups is 1. The number of likely N-dealkylation sites (tertiary alicyclic amines) is 1. The number of alkyl carbamates (subject to hydrolysis) is 1. The molecule has 2 atom stereocenters. The van der Waals surface area contributed by atoms with E-state index >= 15 is 0 Å². The van der Waals surface area contributed by atoms with Gasteiger partial charge < -0.3 is 25.2 Å². The number of carbonyl (C=O) groups is 3. The highest BCUT2D eigenvalue weighted by molar-refractivity contribution is 5.87. The van der Waals surface area contributed by atoms with E-state index in [1.807, 2.05) is 48.5 Å².